The first kappa shape index (κ1) is 15.7. The molecule has 24 heavy (non-hydrogen) atoms. The fourth-order valence-electron chi connectivity index (χ4n) is 2.55. The number of carbonyl (C=O) groups excluding carboxylic acids is 2. The van der Waals surface area contributed by atoms with Crippen LogP contribution in [0.1, 0.15) is 22.1 Å². The molecule has 0 unspecified atom stereocenters. The molecule has 0 spiro atoms. The van der Waals surface area contributed by atoms with E-state index in [1.54, 1.807) is 40.8 Å². The molecule has 2 aromatic heterocycles. The highest BCUT2D eigenvalue weighted by Gasteiger charge is 2.23. The van der Waals surface area contributed by atoms with Gasteiger partial charge in [0.05, 0.1) is 18.3 Å². The minimum atomic E-state index is -0.627. The van der Waals surface area contributed by atoms with Crippen LogP contribution in [0.25, 0.3) is 0 Å². The fraction of sp³-hybridized carbons (Fsp3) is 0.167. The standard InChI is InChI=1S/C18H18N4O2/c1-21-11-5-9-16(21)17(23)18(24)20-15(13-22-12-6-10-19-22)14-7-3-2-4-8-14/h2-12,15H,13H2,1H3,(H,20,24)/t15-/m0/s1. The molecule has 3 rings (SSSR count). The lowest BCUT2D eigenvalue weighted by Gasteiger charge is -2.19. The van der Waals surface area contributed by atoms with Gasteiger partial charge in [0.2, 0.25) is 0 Å². The Morgan fingerprint density at radius 3 is 2.50 bits per heavy atom. The molecule has 1 amide bonds. The van der Waals surface area contributed by atoms with Crippen molar-refractivity contribution < 1.29 is 9.59 Å². The molecule has 0 saturated carbocycles. The van der Waals surface area contributed by atoms with Crippen molar-refractivity contribution in [2.75, 3.05) is 0 Å². The van der Waals surface area contributed by atoms with Crippen LogP contribution in [0.4, 0.5) is 0 Å². The SMILES string of the molecule is Cn1cccc1C(=O)C(=O)N[C@@H](Cn1cccn1)c1ccccc1. The number of aromatic nitrogens is 3. The maximum absolute atomic E-state index is 12.4. The molecule has 122 valence electrons. The summed E-state index contributed by atoms with van der Waals surface area (Å²) in [4.78, 5) is 24.7. The lowest BCUT2D eigenvalue weighted by Crippen LogP contribution is -2.37. The molecule has 0 aliphatic heterocycles. The van der Waals surface area contributed by atoms with Gasteiger partial charge in [-0.15, -0.1) is 0 Å². The van der Waals surface area contributed by atoms with Gasteiger partial charge in [-0.1, -0.05) is 30.3 Å². The van der Waals surface area contributed by atoms with E-state index in [0.29, 0.717) is 12.2 Å². The number of Topliss-reactive ketones (excluding diaryl/α,β-unsaturated/α-hetero) is 1. The average molecular weight is 322 g/mol. The van der Waals surface area contributed by atoms with Crippen molar-refractivity contribution in [1.82, 2.24) is 19.7 Å². The molecular weight excluding hydrogens is 304 g/mol. The number of nitrogens with one attached hydrogen (secondary N) is 1. The third kappa shape index (κ3) is 3.43. The second kappa shape index (κ2) is 6.95. The topological polar surface area (TPSA) is 68.9 Å². The number of nitrogens with zero attached hydrogens (tertiary/aromatic N) is 3. The van der Waals surface area contributed by atoms with Crippen LogP contribution < -0.4 is 5.32 Å². The van der Waals surface area contributed by atoms with Gasteiger partial charge in [-0.3, -0.25) is 14.3 Å². The number of hydrogen-bond donors (Lipinski definition) is 1. The molecule has 0 saturated heterocycles. The van der Waals surface area contributed by atoms with E-state index in [4.69, 9.17) is 0 Å². The molecule has 2 heterocycles. The number of amides is 1. The van der Waals surface area contributed by atoms with Crippen LogP contribution in [-0.4, -0.2) is 26.0 Å². The number of hydrogen-bond acceptors (Lipinski definition) is 3. The molecule has 1 N–H and O–H groups in total. The summed E-state index contributed by atoms with van der Waals surface area (Å²) in [6, 6.07) is 14.4. The minimum Gasteiger partial charge on any atom is -0.348 e. The van der Waals surface area contributed by atoms with E-state index >= 15 is 0 Å². The Bertz CT molecular complexity index is 822. The highest BCUT2D eigenvalue weighted by atomic mass is 16.2. The third-order valence-corrected chi connectivity index (χ3v) is 3.82. The Balaban J connectivity index is 1.80. The van der Waals surface area contributed by atoms with E-state index in [-0.39, 0.29) is 6.04 Å². The highest BCUT2D eigenvalue weighted by molar-refractivity contribution is 6.42. The second-order valence-corrected chi connectivity index (χ2v) is 5.50. The van der Waals surface area contributed by atoms with Gasteiger partial charge in [-0.25, -0.2) is 0 Å². The molecule has 0 aliphatic rings. The van der Waals surface area contributed by atoms with Crippen molar-refractivity contribution in [3.05, 3.63) is 78.4 Å². The molecule has 0 radical (unpaired) electrons. The number of ketones is 1. The summed E-state index contributed by atoms with van der Waals surface area (Å²) in [6.45, 7) is 0.448. The first-order valence-corrected chi connectivity index (χ1v) is 7.64. The van der Waals surface area contributed by atoms with Crippen molar-refractivity contribution >= 4 is 11.7 Å². The predicted octanol–water partition coefficient (Wildman–Crippen LogP) is 1.96. The summed E-state index contributed by atoms with van der Waals surface area (Å²) in [5.41, 5.74) is 1.28. The summed E-state index contributed by atoms with van der Waals surface area (Å²) >= 11 is 0. The summed E-state index contributed by atoms with van der Waals surface area (Å²) in [5, 5.41) is 7.00. The molecule has 3 aromatic rings. The van der Waals surface area contributed by atoms with Gasteiger partial charge in [-0.05, 0) is 23.8 Å². The van der Waals surface area contributed by atoms with Crippen LogP contribution in [0.3, 0.4) is 0 Å². The number of carbonyl (C=O) groups is 2. The van der Waals surface area contributed by atoms with E-state index in [0.717, 1.165) is 5.56 Å². The Kier molecular flexibility index (Phi) is 4.56. The highest BCUT2D eigenvalue weighted by Crippen LogP contribution is 2.15. The molecule has 0 fully saturated rings. The molecule has 6 heteroatoms. The van der Waals surface area contributed by atoms with Gasteiger partial charge in [0, 0.05) is 25.6 Å². The monoisotopic (exact) mass is 322 g/mol. The minimum absolute atomic E-state index is 0.345. The second-order valence-electron chi connectivity index (χ2n) is 5.50. The van der Waals surface area contributed by atoms with E-state index in [2.05, 4.69) is 10.4 Å². The lowest BCUT2D eigenvalue weighted by atomic mass is 10.1. The predicted molar refractivity (Wildman–Crippen MR) is 89.3 cm³/mol. The Morgan fingerprint density at radius 2 is 1.88 bits per heavy atom. The maximum atomic E-state index is 12.4. The van der Waals surface area contributed by atoms with E-state index in [1.165, 1.54) is 0 Å². The Morgan fingerprint density at radius 1 is 1.08 bits per heavy atom. The van der Waals surface area contributed by atoms with Crippen molar-refractivity contribution in [3.8, 4) is 0 Å². The summed E-state index contributed by atoms with van der Waals surface area (Å²) < 4.78 is 3.36. The molecule has 1 aromatic carbocycles. The lowest BCUT2D eigenvalue weighted by molar-refractivity contribution is -0.117. The van der Waals surface area contributed by atoms with Crippen LogP contribution in [0, 0.1) is 0 Å². The van der Waals surface area contributed by atoms with Crippen molar-refractivity contribution in [3.63, 3.8) is 0 Å². The summed E-state index contributed by atoms with van der Waals surface area (Å²) in [5.74, 6) is -1.18. The number of rotatable bonds is 6. The van der Waals surface area contributed by atoms with Crippen LogP contribution in [0.5, 0.6) is 0 Å². The van der Waals surface area contributed by atoms with Crippen molar-refractivity contribution in [1.29, 1.82) is 0 Å². The molecular formula is C18H18N4O2. The number of benzene rings is 1. The Labute approximate surface area is 139 Å². The molecule has 6 nitrogen and oxygen atoms in total. The van der Waals surface area contributed by atoms with Crippen molar-refractivity contribution in [2.24, 2.45) is 7.05 Å². The first-order valence-electron chi connectivity index (χ1n) is 7.64. The Hall–Kier alpha value is -3.15. The molecule has 0 bridgehead atoms. The zero-order valence-electron chi connectivity index (χ0n) is 13.3. The van der Waals surface area contributed by atoms with Gasteiger partial charge in [-0.2, -0.15) is 5.10 Å². The smallest absolute Gasteiger partial charge is 0.294 e. The van der Waals surface area contributed by atoms with Crippen LogP contribution in [-0.2, 0) is 18.4 Å². The first-order chi connectivity index (χ1) is 11.6. The van der Waals surface area contributed by atoms with Crippen LogP contribution >= 0.6 is 0 Å². The largest absolute Gasteiger partial charge is 0.348 e. The number of aryl methyl sites for hydroxylation is 1. The van der Waals surface area contributed by atoms with Gasteiger partial charge in [0.25, 0.3) is 11.7 Å². The van der Waals surface area contributed by atoms with E-state index in [9.17, 15) is 9.59 Å². The normalized spacial score (nSPS) is 11.9. The molecule has 1 atom stereocenters. The summed E-state index contributed by atoms with van der Waals surface area (Å²) in [6.07, 6.45) is 5.24. The van der Waals surface area contributed by atoms with Gasteiger partial charge >= 0.3 is 0 Å². The van der Waals surface area contributed by atoms with E-state index in [1.807, 2.05) is 42.6 Å². The van der Waals surface area contributed by atoms with Crippen LogP contribution in [0.2, 0.25) is 0 Å². The fourth-order valence-corrected chi connectivity index (χ4v) is 2.55. The van der Waals surface area contributed by atoms with Crippen molar-refractivity contribution in [2.45, 2.75) is 12.6 Å². The quantitative estimate of drug-likeness (QED) is 0.557. The maximum Gasteiger partial charge on any atom is 0.294 e. The van der Waals surface area contributed by atoms with Gasteiger partial charge in [0.15, 0.2) is 0 Å². The molecule has 0 aliphatic carbocycles. The zero-order valence-corrected chi connectivity index (χ0v) is 13.3. The van der Waals surface area contributed by atoms with Crippen LogP contribution in [0.15, 0.2) is 67.1 Å². The van der Waals surface area contributed by atoms with Gasteiger partial charge < -0.3 is 9.88 Å². The average Bonchev–Trinajstić information content (AvgIpc) is 3.26. The zero-order chi connectivity index (χ0) is 16.9. The third-order valence-electron chi connectivity index (χ3n) is 3.82. The van der Waals surface area contributed by atoms with E-state index < -0.39 is 11.7 Å². The summed E-state index contributed by atoms with van der Waals surface area (Å²) in [7, 11) is 1.74. The van der Waals surface area contributed by atoms with Gasteiger partial charge in [0.1, 0.15) is 0 Å².